The van der Waals surface area contributed by atoms with E-state index in [1.807, 2.05) is 6.07 Å². The third kappa shape index (κ3) is 3.62. The lowest BCUT2D eigenvalue weighted by molar-refractivity contribution is -0.266. The van der Waals surface area contributed by atoms with Gasteiger partial charge < -0.3 is 15.7 Å². The fraction of sp³-hybridized carbons (Fsp3) is 0.357. The summed E-state index contributed by atoms with van der Waals surface area (Å²) in [6.07, 6.45) is -0.129. The first kappa shape index (κ1) is 25.0. The van der Waals surface area contributed by atoms with Gasteiger partial charge in [0.25, 0.3) is 5.56 Å². The third-order valence-corrected chi connectivity index (χ3v) is 8.34. The number of nitrogens with zero attached hydrogens (tertiary/aromatic N) is 5. The fourth-order valence-corrected chi connectivity index (χ4v) is 6.07. The van der Waals surface area contributed by atoms with Crippen LogP contribution in [0.15, 0.2) is 54.0 Å². The second kappa shape index (κ2) is 8.48. The Bertz CT molecular complexity index is 1760. The lowest BCUT2D eigenvalue weighted by Crippen LogP contribution is -2.41. The molecule has 1 spiro atoms. The monoisotopic (exact) mass is 549 g/mol. The third-order valence-electron chi connectivity index (χ3n) is 8.34. The number of fused-ring (bicyclic) bond motifs is 4. The van der Waals surface area contributed by atoms with Crippen molar-refractivity contribution in [1.82, 2.24) is 29.6 Å². The Morgan fingerprint density at radius 1 is 1.15 bits per heavy atom. The van der Waals surface area contributed by atoms with Gasteiger partial charge >= 0.3 is 6.18 Å². The molecule has 12 heteroatoms. The highest BCUT2D eigenvalue weighted by molar-refractivity contribution is 5.77. The molecule has 1 aromatic carbocycles. The summed E-state index contributed by atoms with van der Waals surface area (Å²) >= 11 is 0. The van der Waals surface area contributed by atoms with Crippen LogP contribution in [0.3, 0.4) is 0 Å². The number of aryl methyl sites for hydroxylation is 1. The molecular weight excluding hydrogens is 523 g/mol. The number of alkyl halides is 3. The van der Waals surface area contributed by atoms with Crippen LogP contribution < -0.4 is 16.2 Å². The molecule has 1 fully saturated rings. The quantitative estimate of drug-likeness (QED) is 0.326. The molecule has 40 heavy (non-hydrogen) atoms. The first-order valence-electron chi connectivity index (χ1n) is 13.1. The first-order valence-corrected chi connectivity index (χ1v) is 13.1. The summed E-state index contributed by atoms with van der Waals surface area (Å²) in [5.74, 6) is 0.242. The van der Waals surface area contributed by atoms with Crippen LogP contribution in [0.1, 0.15) is 41.6 Å². The highest BCUT2D eigenvalue weighted by Gasteiger charge is 2.59. The molecule has 1 saturated carbocycles. The zero-order chi connectivity index (χ0) is 27.9. The predicted octanol–water partition coefficient (Wildman–Crippen LogP) is 3.74. The van der Waals surface area contributed by atoms with Gasteiger partial charge in [-0.05, 0) is 60.6 Å². The van der Waals surface area contributed by atoms with E-state index in [9.17, 15) is 23.1 Å². The highest BCUT2D eigenvalue weighted by atomic mass is 19.4. The van der Waals surface area contributed by atoms with E-state index in [0.717, 1.165) is 18.8 Å². The zero-order valence-electron chi connectivity index (χ0n) is 21.4. The van der Waals surface area contributed by atoms with Crippen molar-refractivity contribution in [3.63, 3.8) is 0 Å². The number of anilines is 2. The average Bonchev–Trinajstić information content (AvgIpc) is 3.53. The summed E-state index contributed by atoms with van der Waals surface area (Å²) < 4.78 is 44.1. The average molecular weight is 550 g/mol. The molecule has 3 N–H and O–H groups in total. The van der Waals surface area contributed by atoms with Crippen molar-refractivity contribution in [2.24, 2.45) is 0 Å². The van der Waals surface area contributed by atoms with E-state index in [2.05, 4.69) is 44.3 Å². The van der Waals surface area contributed by atoms with Crippen LogP contribution in [0.4, 0.5) is 24.8 Å². The van der Waals surface area contributed by atoms with E-state index in [0.29, 0.717) is 5.56 Å². The molecule has 0 radical (unpaired) electrons. The lowest BCUT2D eigenvalue weighted by atomic mass is 9.88. The molecule has 4 aromatic rings. The summed E-state index contributed by atoms with van der Waals surface area (Å²) in [6, 6.07) is 9.21. The first-order chi connectivity index (χ1) is 19.1. The zero-order valence-corrected chi connectivity index (χ0v) is 21.4. The number of halogens is 3. The van der Waals surface area contributed by atoms with E-state index in [1.165, 1.54) is 57.7 Å². The summed E-state index contributed by atoms with van der Waals surface area (Å²) in [7, 11) is 0. The van der Waals surface area contributed by atoms with E-state index >= 15 is 0 Å². The molecule has 1 unspecified atom stereocenters. The summed E-state index contributed by atoms with van der Waals surface area (Å²) in [4.78, 5) is 26.4. The predicted molar refractivity (Wildman–Crippen MR) is 142 cm³/mol. The van der Waals surface area contributed by atoms with Crippen LogP contribution in [0, 0.1) is 0 Å². The molecular formula is C28H26F3N7O2. The molecule has 1 atom stereocenters. The van der Waals surface area contributed by atoms with Gasteiger partial charge in [-0.1, -0.05) is 18.2 Å². The number of hydrogen-bond donors (Lipinski definition) is 3. The second-order valence-corrected chi connectivity index (χ2v) is 10.8. The molecule has 0 amide bonds. The lowest BCUT2D eigenvalue weighted by Gasteiger charge is -2.26. The highest BCUT2D eigenvalue weighted by Crippen LogP contribution is 2.51. The maximum absolute atomic E-state index is 13.8. The normalized spacial score (nSPS) is 20.9. The topological polar surface area (TPSA) is 110 Å². The van der Waals surface area contributed by atoms with Crippen LogP contribution in [0.5, 0.6) is 0 Å². The van der Waals surface area contributed by atoms with E-state index in [4.69, 9.17) is 0 Å². The van der Waals surface area contributed by atoms with Gasteiger partial charge in [0.2, 0.25) is 11.5 Å². The SMILES string of the molecule is C=CCn1c(=O)c2cnc(Nc3ccc4c(c3)CNCC43CC3)nc2n1-c1ccc2c(n1)C(O)(C(F)(F)F)CC2. The molecule has 4 heterocycles. The molecule has 206 valence electrons. The Balaban J connectivity index is 1.32. The van der Waals surface area contributed by atoms with Crippen LogP contribution in [-0.2, 0) is 30.5 Å². The van der Waals surface area contributed by atoms with Crippen molar-refractivity contribution >= 4 is 22.7 Å². The number of benzene rings is 1. The Morgan fingerprint density at radius 3 is 2.73 bits per heavy atom. The van der Waals surface area contributed by atoms with Crippen molar-refractivity contribution in [2.45, 2.75) is 56.0 Å². The van der Waals surface area contributed by atoms with Gasteiger partial charge in [-0.25, -0.2) is 19.3 Å². The Labute approximate surface area is 226 Å². The van der Waals surface area contributed by atoms with Crippen molar-refractivity contribution in [3.8, 4) is 5.82 Å². The minimum absolute atomic E-state index is 0.0245. The molecule has 3 aromatic heterocycles. The summed E-state index contributed by atoms with van der Waals surface area (Å²) in [6.45, 7) is 5.52. The van der Waals surface area contributed by atoms with Crippen LogP contribution >= 0.6 is 0 Å². The van der Waals surface area contributed by atoms with Crippen molar-refractivity contribution in [1.29, 1.82) is 0 Å². The standard InChI is InChI=1S/C28H26F3N7O2/c1-2-11-37-24(39)19-14-33-25(34-18-4-5-20-17(12-18)13-32-15-26(20)9-10-26)36-23(19)38(37)21-6-3-16-7-8-27(40,22(16)35-21)28(29,30)31/h2-6,12,14,32,40H,1,7-11,13,15H2,(H,33,34,36). The number of allylic oxidation sites excluding steroid dienone is 1. The van der Waals surface area contributed by atoms with Gasteiger partial charge in [0.15, 0.2) is 11.5 Å². The molecule has 9 nitrogen and oxygen atoms in total. The summed E-state index contributed by atoms with van der Waals surface area (Å²) in [5.41, 5.74) is 0.118. The molecule has 2 aliphatic carbocycles. The van der Waals surface area contributed by atoms with Crippen molar-refractivity contribution in [2.75, 3.05) is 11.9 Å². The van der Waals surface area contributed by atoms with Gasteiger partial charge in [0, 0.05) is 30.4 Å². The van der Waals surface area contributed by atoms with Gasteiger partial charge in [0.1, 0.15) is 5.39 Å². The van der Waals surface area contributed by atoms with E-state index < -0.39 is 29.5 Å². The maximum atomic E-state index is 13.8. The Kier molecular flexibility index (Phi) is 5.30. The molecule has 7 rings (SSSR count). The minimum Gasteiger partial charge on any atom is -0.375 e. The van der Waals surface area contributed by atoms with Gasteiger partial charge in [-0.3, -0.25) is 4.79 Å². The number of nitrogens with one attached hydrogen (secondary N) is 2. The molecule has 3 aliphatic rings. The van der Waals surface area contributed by atoms with E-state index in [1.54, 1.807) is 0 Å². The number of aliphatic hydroxyl groups is 1. The molecule has 0 saturated heterocycles. The van der Waals surface area contributed by atoms with Gasteiger partial charge in [-0.15, -0.1) is 6.58 Å². The van der Waals surface area contributed by atoms with Crippen LogP contribution in [-0.4, -0.2) is 42.1 Å². The van der Waals surface area contributed by atoms with Crippen LogP contribution in [0.2, 0.25) is 0 Å². The van der Waals surface area contributed by atoms with Crippen molar-refractivity contribution in [3.05, 3.63) is 81.9 Å². The largest absolute Gasteiger partial charge is 0.423 e. The fourth-order valence-electron chi connectivity index (χ4n) is 6.07. The molecule has 0 bridgehead atoms. The van der Waals surface area contributed by atoms with Crippen molar-refractivity contribution < 1.29 is 18.3 Å². The Hall–Kier alpha value is -4.03. The summed E-state index contributed by atoms with van der Waals surface area (Å²) in [5, 5.41) is 17.4. The van der Waals surface area contributed by atoms with E-state index in [-0.39, 0.29) is 41.2 Å². The number of rotatable bonds is 5. The number of pyridine rings is 1. The minimum atomic E-state index is -4.90. The van der Waals surface area contributed by atoms with Gasteiger partial charge in [0.05, 0.1) is 12.2 Å². The number of aromatic nitrogens is 5. The number of hydrogen-bond acceptors (Lipinski definition) is 7. The van der Waals surface area contributed by atoms with Crippen LogP contribution in [0.25, 0.3) is 16.9 Å². The van der Waals surface area contributed by atoms with Gasteiger partial charge in [-0.2, -0.15) is 18.2 Å². The maximum Gasteiger partial charge on any atom is 0.423 e. The smallest absolute Gasteiger partial charge is 0.375 e. The molecule has 1 aliphatic heterocycles. The Morgan fingerprint density at radius 2 is 1.98 bits per heavy atom. The second-order valence-electron chi connectivity index (χ2n) is 10.8.